The summed E-state index contributed by atoms with van der Waals surface area (Å²) in [7, 11) is 0. The number of aryl methyl sites for hydroxylation is 2. The first-order valence-corrected chi connectivity index (χ1v) is 22.3. The third kappa shape index (κ3) is 6.51. The molecule has 0 atom stereocenters. The molecule has 3 nitrogen and oxygen atoms in total. The molecule has 308 valence electrons. The van der Waals surface area contributed by atoms with E-state index in [0.717, 1.165) is 66.9 Å². The summed E-state index contributed by atoms with van der Waals surface area (Å²) >= 11 is 0. The number of hydrogen-bond donors (Lipinski definition) is 0. The van der Waals surface area contributed by atoms with E-state index in [2.05, 4.69) is 254 Å². The second-order valence-electron chi connectivity index (χ2n) is 17.0. The van der Waals surface area contributed by atoms with Crippen molar-refractivity contribution in [1.29, 1.82) is 0 Å². The van der Waals surface area contributed by atoms with Crippen LogP contribution in [0, 0.1) is 13.8 Å². The van der Waals surface area contributed by atoms with Crippen LogP contribution in [0.4, 0.5) is 17.1 Å². The van der Waals surface area contributed by atoms with Gasteiger partial charge in [-0.25, -0.2) is 0 Å². The fourth-order valence-electron chi connectivity index (χ4n) is 10.0. The lowest BCUT2D eigenvalue weighted by Crippen LogP contribution is -2.14. The van der Waals surface area contributed by atoms with Crippen LogP contribution in [0.15, 0.2) is 235 Å². The Balaban J connectivity index is 1.09. The van der Waals surface area contributed by atoms with Gasteiger partial charge in [-0.15, -0.1) is 0 Å². The van der Waals surface area contributed by atoms with E-state index in [1.54, 1.807) is 0 Å². The topological polar surface area (TPSA) is 21.3 Å². The summed E-state index contributed by atoms with van der Waals surface area (Å²) in [4.78, 5) is 2.48. The Morgan fingerprint density at radius 2 is 0.923 bits per heavy atom. The molecule has 0 spiro atoms. The molecule has 2 heterocycles. The van der Waals surface area contributed by atoms with Gasteiger partial charge in [0.1, 0.15) is 11.2 Å². The number of aromatic nitrogens is 1. The van der Waals surface area contributed by atoms with Gasteiger partial charge in [-0.3, -0.25) is 0 Å². The van der Waals surface area contributed by atoms with Crippen LogP contribution in [0.2, 0.25) is 0 Å². The Morgan fingerprint density at radius 1 is 0.385 bits per heavy atom. The van der Waals surface area contributed by atoms with Gasteiger partial charge < -0.3 is 13.9 Å². The van der Waals surface area contributed by atoms with Crippen molar-refractivity contribution in [3.63, 3.8) is 0 Å². The molecule has 12 rings (SSSR count). The third-order valence-corrected chi connectivity index (χ3v) is 13.0. The van der Waals surface area contributed by atoms with E-state index in [4.69, 9.17) is 4.42 Å². The van der Waals surface area contributed by atoms with Crippen molar-refractivity contribution in [3.05, 3.63) is 242 Å². The van der Waals surface area contributed by atoms with Gasteiger partial charge in [0.25, 0.3) is 0 Å². The predicted molar refractivity (Wildman–Crippen MR) is 274 cm³/mol. The maximum absolute atomic E-state index is 7.01. The molecule has 0 aliphatic carbocycles. The van der Waals surface area contributed by atoms with Gasteiger partial charge in [0.2, 0.25) is 0 Å². The zero-order valence-electron chi connectivity index (χ0n) is 36.2. The minimum Gasteiger partial charge on any atom is -0.455 e. The SMILES string of the molecule is Cc1cc(N(c2c(C)cc(-c3ccccc3)cc2-c2ccccc2)c2ccc(-c3ccc(-n4c5ccccc5c5ccccc54)cc3)c3oc4ccccc4c23)ccc1-c1ccccc1. The molecule has 0 unspecified atom stereocenters. The summed E-state index contributed by atoms with van der Waals surface area (Å²) in [5.41, 5.74) is 20.1. The first kappa shape index (κ1) is 38.3. The zero-order chi connectivity index (χ0) is 43.4. The van der Waals surface area contributed by atoms with Crippen LogP contribution in [0.1, 0.15) is 11.1 Å². The zero-order valence-corrected chi connectivity index (χ0v) is 36.2. The highest BCUT2D eigenvalue weighted by Crippen LogP contribution is 2.50. The summed E-state index contributed by atoms with van der Waals surface area (Å²) in [5.74, 6) is 0. The van der Waals surface area contributed by atoms with E-state index in [-0.39, 0.29) is 0 Å². The molecule has 12 aromatic rings. The highest BCUT2D eigenvalue weighted by Gasteiger charge is 2.26. The average molecular weight is 833 g/mol. The van der Waals surface area contributed by atoms with Crippen molar-refractivity contribution in [2.24, 2.45) is 0 Å². The van der Waals surface area contributed by atoms with Gasteiger partial charge >= 0.3 is 0 Å². The molecule has 0 N–H and O–H groups in total. The molecule has 65 heavy (non-hydrogen) atoms. The molecular formula is C62H44N2O. The lowest BCUT2D eigenvalue weighted by Gasteiger charge is -2.31. The third-order valence-electron chi connectivity index (χ3n) is 13.0. The van der Waals surface area contributed by atoms with E-state index >= 15 is 0 Å². The lowest BCUT2D eigenvalue weighted by molar-refractivity contribution is 0.670. The molecule has 0 aliphatic heterocycles. The number of para-hydroxylation sites is 3. The number of anilines is 3. The standard InChI is InChI=1S/C62H44N2O/c1-41-39-49(34-35-50(41)44-20-8-4-9-21-44)64(61-42(2)38-47(43-18-6-3-7-19-43)40-55(61)45-22-10-5-11-23-45)58-37-36-51(62-60(58)54-26-14-17-29-59(54)65-62)46-30-32-48(33-31-46)63-56-27-15-12-24-52(56)53-25-13-16-28-57(53)63/h3-40H,1-2H3. The quantitative estimate of drug-likeness (QED) is 0.152. The normalized spacial score (nSPS) is 11.5. The number of fused-ring (bicyclic) bond motifs is 6. The monoisotopic (exact) mass is 832 g/mol. The Bertz CT molecular complexity index is 3660. The Morgan fingerprint density at radius 3 is 1.57 bits per heavy atom. The number of furan rings is 1. The van der Waals surface area contributed by atoms with Crippen molar-refractivity contribution < 1.29 is 4.42 Å². The molecular weight excluding hydrogens is 789 g/mol. The molecule has 0 fully saturated rings. The van der Waals surface area contributed by atoms with Crippen LogP contribution < -0.4 is 4.90 Å². The number of rotatable bonds is 8. The van der Waals surface area contributed by atoms with Crippen molar-refractivity contribution in [2.75, 3.05) is 4.90 Å². The molecule has 0 saturated carbocycles. The van der Waals surface area contributed by atoms with Crippen molar-refractivity contribution in [1.82, 2.24) is 4.57 Å². The molecule has 3 heteroatoms. The van der Waals surface area contributed by atoms with Gasteiger partial charge in [-0.2, -0.15) is 0 Å². The van der Waals surface area contributed by atoms with Crippen molar-refractivity contribution in [2.45, 2.75) is 13.8 Å². The average Bonchev–Trinajstić information content (AvgIpc) is 3.92. The second-order valence-corrected chi connectivity index (χ2v) is 17.0. The maximum atomic E-state index is 7.01. The van der Waals surface area contributed by atoms with E-state index < -0.39 is 0 Å². The van der Waals surface area contributed by atoms with E-state index in [1.807, 2.05) is 0 Å². The van der Waals surface area contributed by atoms with E-state index in [0.29, 0.717) is 0 Å². The number of benzene rings is 10. The summed E-state index contributed by atoms with van der Waals surface area (Å²) in [6.45, 7) is 4.48. The van der Waals surface area contributed by atoms with Crippen molar-refractivity contribution in [3.8, 4) is 50.2 Å². The highest BCUT2D eigenvalue weighted by atomic mass is 16.3. The Kier molecular flexibility index (Phi) is 9.28. The summed E-state index contributed by atoms with van der Waals surface area (Å²) in [5, 5.41) is 4.65. The van der Waals surface area contributed by atoms with Crippen LogP contribution in [0.3, 0.4) is 0 Å². The summed E-state index contributed by atoms with van der Waals surface area (Å²) < 4.78 is 9.38. The Hall–Kier alpha value is -8.40. The van der Waals surface area contributed by atoms with Crippen LogP contribution in [0.5, 0.6) is 0 Å². The smallest absolute Gasteiger partial charge is 0.145 e. The highest BCUT2D eigenvalue weighted by molar-refractivity contribution is 6.18. The molecule has 0 bridgehead atoms. The second kappa shape index (κ2) is 15.7. The van der Waals surface area contributed by atoms with Crippen molar-refractivity contribution >= 4 is 60.8 Å². The predicted octanol–water partition coefficient (Wildman–Crippen LogP) is 17.4. The van der Waals surface area contributed by atoms with Gasteiger partial charge in [0.15, 0.2) is 0 Å². The van der Waals surface area contributed by atoms with Crippen LogP contribution in [0.25, 0.3) is 93.9 Å². The lowest BCUT2D eigenvalue weighted by atomic mass is 9.92. The fraction of sp³-hybridized carbons (Fsp3) is 0.0323. The largest absolute Gasteiger partial charge is 0.455 e. The van der Waals surface area contributed by atoms with Crippen LogP contribution in [-0.2, 0) is 0 Å². The molecule has 10 aromatic carbocycles. The van der Waals surface area contributed by atoms with Gasteiger partial charge in [-0.1, -0.05) is 164 Å². The first-order valence-electron chi connectivity index (χ1n) is 22.3. The fourth-order valence-corrected chi connectivity index (χ4v) is 10.0. The van der Waals surface area contributed by atoms with Gasteiger partial charge in [0, 0.05) is 38.7 Å². The number of hydrogen-bond acceptors (Lipinski definition) is 2. The first-order chi connectivity index (χ1) is 32.1. The summed E-state index contributed by atoms with van der Waals surface area (Å²) in [6.07, 6.45) is 0. The van der Waals surface area contributed by atoms with Crippen LogP contribution in [-0.4, -0.2) is 4.57 Å². The molecule has 0 amide bonds. The minimum absolute atomic E-state index is 0.855. The maximum Gasteiger partial charge on any atom is 0.145 e. The minimum atomic E-state index is 0.855. The molecule has 2 aromatic heterocycles. The van der Waals surface area contributed by atoms with E-state index in [1.165, 1.54) is 55.2 Å². The molecule has 0 radical (unpaired) electrons. The van der Waals surface area contributed by atoms with Gasteiger partial charge in [0.05, 0.1) is 27.8 Å². The molecule has 0 aliphatic rings. The molecule has 0 saturated heterocycles. The van der Waals surface area contributed by atoms with Crippen LogP contribution >= 0.6 is 0 Å². The number of nitrogens with zero attached hydrogens (tertiary/aromatic N) is 2. The summed E-state index contributed by atoms with van der Waals surface area (Å²) in [6, 6.07) is 83.1. The van der Waals surface area contributed by atoms with E-state index in [9.17, 15) is 0 Å². The van der Waals surface area contributed by atoms with Gasteiger partial charge in [-0.05, 0) is 125 Å². The Labute approximate surface area is 378 Å².